The number of aryl methyl sites for hydroxylation is 2. The lowest BCUT2D eigenvalue weighted by Gasteiger charge is -2.08. The molecule has 0 aliphatic heterocycles. The number of halogens is 1. The van der Waals surface area contributed by atoms with Crippen LogP contribution in [0.1, 0.15) is 17.1 Å². The van der Waals surface area contributed by atoms with E-state index in [9.17, 15) is 0 Å². The number of nitrogens with zero attached hydrogens (tertiary/aromatic N) is 2. The van der Waals surface area contributed by atoms with Gasteiger partial charge in [0, 0.05) is 22.2 Å². The van der Waals surface area contributed by atoms with Gasteiger partial charge in [0.25, 0.3) is 0 Å². The van der Waals surface area contributed by atoms with E-state index >= 15 is 0 Å². The number of hydrogen-bond acceptors (Lipinski definition) is 3. The normalized spacial score (nSPS) is 10.7. The van der Waals surface area contributed by atoms with Gasteiger partial charge >= 0.3 is 0 Å². The minimum Gasteiger partial charge on any atom is -0.330 e. The van der Waals surface area contributed by atoms with Crippen LogP contribution in [0.4, 0.5) is 0 Å². The summed E-state index contributed by atoms with van der Waals surface area (Å²) in [6, 6.07) is 8.21. The lowest BCUT2D eigenvalue weighted by molar-refractivity contribution is 0.858. The van der Waals surface area contributed by atoms with Crippen molar-refractivity contribution < 1.29 is 0 Å². The third kappa shape index (κ3) is 2.94. The molecule has 0 fully saturated rings. The molecule has 0 aliphatic carbocycles. The molecule has 0 aliphatic rings. The van der Waals surface area contributed by atoms with E-state index in [0.717, 1.165) is 27.2 Å². The summed E-state index contributed by atoms with van der Waals surface area (Å²) in [6.45, 7) is 4.64. The van der Waals surface area contributed by atoms with Gasteiger partial charge in [0.15, 0.2) is 0 Å². The fourth-order valence-electron chi connectivity index (χ4n) is 1.88. The van der Waals surface area contributed by atoms with Crippen LogP contribution in [0.25, 0.3) is 11.3 Å². The third-order valence-electron chi connectivity index (χ3n) is 2.74. The fourth-order valence-corrected chi connectivity index (χ4v) is 2.24. The van der Waals surface area contributed by atoms with Gasteiger partial charge in [-0.3, -0.25) is 0 Å². The first-order valence-corrected chi connectivity index (χ1v) is 6.70. The molecule has 4 heteroatoms. The molecule has 0 saturated carbocycles. The molecule has 0 spiro atoms. The Morgan fingerprint density at radius 2 is 1.94 bits per heavy atom. The van der Waals surface area contributed by atoms with Crippen molar-refractivity contribution in [3.63, 3.8) is 0 Å². The first kappa shape index (κ1) is 13.2. The van der Waals surface area contributed by atoms with Crippen LogP contribution < -0.4 is 5.73 Å². The molecule has 0 saturated heterocycles. The van der Waals surface area contributed by atoms with Crippen molar-refractivity contribution in [2.75, 3.05) is 6.54 Å². The predicted octanol–water partition coefficient (Wildman–Crippen LogP) is 3.02. The highest BCUT2D eigenvalue weighted by Gasteiger charge is 2.07. The fraction of sp³-hybridized carbons (Fsp3) is 0.286. The van der Waals surface area contributed by atoms with Crippen LogP contribution in [0.5, 0.6) is 0 Å². The molecular formula is C14H16BrN3. The second-order valence-corrected chi connectivity index (χ2v) is 5.22. The van der Waals surface area contributed by atoms with Gasteiger partial charge in [-0.2, -0.15) is 0 Å². The topological polar surface area (TPSA) is 51.8 Å². The second kappa shape index (κ2) is 5.59. The third-order valence-corrected chi connectivity index (χ3v) is 3.24. The number of aromatic nitrogens is 2. The maximum Gasteiger partial charge on any atom is 0.130 e. The zero-order valence-electron chi connectivity index (χ0n) is 10.6. The lowest BCUT2D eigenvalue weighted by Crippen LogP contribution is -2.08. The maximum absolute atomic E-state index is 5.57. The smallest absolute Gasteiger partial charge is 0.130 e. The van der Waals surface area contributed by atoms with E-state index < -0.39 is 0 Å². The van der Waals surface area contributed by atoms with E-state index in [1.54, 1.807) is 0 Å². The molecule has 0 atom stereocenters. The molecule has 0 bridgehead atoms. The van der Waals surface area contributed by atoms with Crippen LogP contribution in [0.3, 0.4) is 0 Å². The Morgan fingerprint density at radius 1 is 1.17 bits per heavy atom. The molecule has 2 aromatic rings. The molecule has 0 amide bonds. The van der Waals surface area contributed by atoms with Gasteiger partial charge in [0.2, 0.25) is 0 Å². The van der Waals surface area contributed by atoms with Crippen LogP contribution in [0, 0.1) is 13.8 Å². The number of hydrogen-bond donors (Lipinski definition) is 1. The summed E-state index contributed by atoms with van der Waals surface area (Å²) in [6.07, 6.45) is 0.710. The van der Waals surface area contributed by atoms with Crippen molar-refractivity contribution in [2.24, 2.45) is 5.73 Å². The summed E-state index contributed by atoms with van der Waals surface area (Å²) in [5.74, 6) is 0.812. The van der Waals surface area contributed by atoms with E-state index in [4.69, 9.17) is 5.73 Å². The van der Waals surface area contributed by atoms with Gasteiger partial charge in [0.1, 0.15) is 5.82 Å². The molecule has 1 aromatic carbocycles. The van der Waals surface area contributed by atoms with E-state index in [1.165, 1.54) is 5.56 Å². The average Bonchev–Trinajstić information content (AvgIpc) is 2.32. The zero-order chi connectivity index (χ0) is 13.1. The Balaban J connectivity index is 2.52. The number of rotatable bonds is 3. The van der Waals surface area contributed by atoms with Crippen LogP contribution in [-0.2, 0) is 6.42 Å². The highest BCUT2D eigenvalue weighted by molar-refractivity contribution is 9.10. The predicted molar refractivity (Wildman–Crippen MR) is 77.4 cm³/mol. The van der Waals surface area contributed by atoms with Crippen LogP contribution >= 0.6 is 15.9 Å². The molecule has 3 nitrogen and oxygen atoms in total. The summed E-state index contributed by atoms with van der Waals surface area (Å²) >= 11 is 3.50. The van der Waals surface area contributed by atoms with Crippen molar-refractivity contribution in [1.29, 1.82) is 0 Å². The van der Waals surface area contributed by atoms with Crippen LogP contribution in [0.2, 0.25) is 0 Å². The molecule has 0 unspecified atom stereocenters. The molecule has 0 radical (unpaired) electrons. The molecule has 2 N–H and O–H groups in total. The highest BCUT2D eigenvalue weighted by atomic mass is 79.9. The molecule has 18 heavy (non-hydrogen) atoms. The lowest BCUT2D eigenvalue weighted by atomic mass is 10.1. The van der Waals surface area contributed by atoms with Gasteiger partial charge in [-0.15, -0.1) is 0 Å². The Labute approximate surface area is 116 Å². The van der Waals surface area contributed by atoms with E-state index in [-0.39, 0.29) is 0 Å². The van der Waals surface area contributed by atoms with Crippen LogP contribution in [0.15, 0.2) is 28.7 Å². The molecule has 94 valence electrons. The Kier molecular flexibility index (Phi) is 4.09. The molecule has 1 heterocycles. The molecular weight excluding hydrogens is 290 g/mol. The van der Waals surface area contributed by atoms with E-state index in [1.807, 2.05) is 19.1 Å². The monoisotopic (exact) mass is 305 g/mol. The zero-order valence-corrected chi connectivity index (χ0v) is 12.2. The summed E-state index contributed by atoms with van der Waals surface area (Å²) in [5, 5.41) is 0. The minimum atomic E-state index is 0.570. The first-order chi connectivity index (χ1) is 8.60. The first-order valence-electron chi connectivity index (χ1n) is 5.91. The van der Waals surface area contributed by atoms with E-state index in [0.29, 0.717) is 13.0 Å². The summed E-state index contributed by atoms with van der Waals surface area (Å²) < 4.78 is 1.06. The largest absolute Gasteiger partial charge is 0.330 e. The SMILES string of the molecule is Cc1cc(-c2cc(Br)ccc2C)nc(CCN)n1. The quantitative estimate of drug-likeness (QED) is 0.948. The van der Waals surface area contributed by atoms with Crippen LogP contribution in [-0.4, -0.2) is 16.5 Å². The molecule has 2 rings (SSSR count). The number of benzene rings is 1. The Bertz CT molecular complexity index is 567. The van der Waals surface area contributed by atoms with Gasteiger partial charge in [-0.1, -0.05) is 22.0 Å². The minimum absolute atomic E-state index is 0.570. The number of nitrogens with two attached hydrogens (primary N) is 1. The Morgan fingerprint density at radius 3 is 2.67 bits per heavy atom. The van der Waals surface area contributed by atoms with Gasteiger partial charge in [-0.05, 0) is 44.2 Å². The Hall–Kier alpha value is -1.26. The van der Waals surface area contributed by atoms with Crippen molar-refractivity contribution in [3.8, 4) is 11.3 Å². The summed E-state index contributed by atoms with van der Waals surface area (Å²) in [4.78, 5) is 8.98. The van der Waals surface area contributed by atoms with Crippen molar-refractivity contribution >= 4 is 15.9 Å². The average molecular weight is 306 g/mol. The standard InChI is InChI=1S/C14H16BrN3/c1-9-3-4-11(15)8-12(9)13-7-10(2)17-14(18-13)5-6-16/h3-4,7-8H,5-6,16H2,1-2H3. The van der Waals surface area contributed by atoms with Crippen molar-refractivity contribution in [2.45, 2.75) is 20.3 Å². The van der Waals surface area contributed by atoms with Gasteiger partial charge in [0.05, 0.1) is 5.69 Å². The van der Waals surface area contributed by atoms with E-state index in [2.05, 4.69) is 45.0 Å². The maximum atomic E-state index is 5.57. The van der Waals surface area contributed by atoms with Gasteiger partial charge in [-0.25, -0.2) is 9.97 Å². The van der Waals surface area contributed by atoms with Crippen molar-refractivity contribution in [1.82, 2.24) is 9.97 Å². The summed E-state index contributed by atoms with van der Waals surface area (Å²) in [7, 11) is 0. The van der Waals surface area contributed by atoms with Crippen molar-refractivity contribution in [3.05, 3.63) is 45.8 Å². The van der Waals surface area contributed by atoms with Gasteiger partial charge < -0.3 is 5.73 Å². The second-order valence-electron chi connectivity index (χ2n) is 4.31. The summed E-state index contributed by atoms with van der Waals surface area (Å²) in [5.41, 5.74) is 9.84. The molecule has 1 aromatic heterocycles. The highest BCUT2D eigenvalue weighted by Crippen LogP contribution is 2.25.